The summed E-state index contributed by atoms with van der Waals surface area (Å²) in [5.41, 5.74) is 0.588. The molecule has 1 fully saturated rings. The smallest absolute Gasteiger partial charge is 0.470 e. The zero-order chi connectivity index (χ0) is 19.4. The number of likely N-dealkylation sites (tertiary alicyclic amines) is 1. The first-order valence-corrected chi connectivity index (χ1v) is 8.42. The molecule has 0 bridgehead atoms. The Morgan fingerprint density at radius 2 is 2.00 bits per heavy atom. The molecule has 2 aromatic rings. The first-order chi connectivity index (χ1) is 12.9. The highest BCUT2D eigenvalue weighted by atomic mass is 19.4. The van der Waals surface area contributed by atoms with Gasteiger partial charge in [0.2, 0.25) is 11.8 Å². The Balaban J connectivity index is 1.50. The highest BCUT2D eigenvalue weighted by molar-refractivity contribution is 5.93. The maximum absolute atomic E-state index is 12.5. The van der Waals surface area contributed by atoms with E-state index in [-0.39, 0.29) is 24.3 Å². The number of alkyl halides is 3. The number of amides is 1. The zero-order valence-electron chi connectivity index (χ0n) is 14.6. The molecule has 2 heterocycles. The van der Waals surface area contributed by atoms with Crippen LogP contribution in [-0.2, 0) is 11.0 Å². The quantitative estimate of drug-likeness (QED) is 0.854. The van der Waals surface area contributed by atoms with Gasteiger partial charge in [-0.05, 0) is 38.1 Å². The van der Waals surface area contributed by atoms with Gasteiger partial charge in [0, 0.05) is 5.92 Å². The van der Waals surface area contributed by atoms with Gasteiger partial charge in [-0.1, -0.05) is 12.1 Å². The predicted molar refractivity (Wildman–Crippen MR) is 89.3 cm³/mol. The molecule has 1 aromatic heterocycles. The van der Waals surface area contributed by atoms with E-state index >= 15 is 0 Å². The summed E-state index contributed by atoms with van der Waals surface area (Å²) in [5.74, 6) is -1.17. The lowest BCUT2D eigenvalue weighted by molar-refractivity contribution is -0.157. The van der Waals surface area contributed by atoms with E-state index in [4.69, 9.17) is 9.15 Å². The topological polar surface area (TPSA) is 80.5 Å². The van der Waals surface area contributed by atoms with Crippen molar-refractivity contribution in [2.45, 2.75) is 24.9 Å². The van der Waals surface area contributed by atoms with Crippen LogP contribution in [0.4, 0.5) is 18.9 Å². The number of rotatable bonds is 5. The summed E-state index contributed by atoms with van der Waals surface area (Å²) in [4.78, 5) is 14.2. The van der Waals surface area contributed by atoms with Gasteiger partial charge in [-0.3, -0.25) is 9.69 Å². The monoisotopic (exact) mass is 384 g/mol. The van der Waals surface area contributed by atoms with E-state index in [0.717, 1.165) is 0 Å². The molecule has 1 aromatic carbocycles. The molecule has 0 aliphatic carbocycles. The van der Waals surface area contributed by atoms with Gasteiger partial charge in [-0.15, -0.1) is 10.2 Å². The van der Waals surface area contributed by atoms with Crippen molar-refractivity contribution in [2.24, 2.45) is 0 Å². The molecule has 27 heavy (non-hydrogen) atoms. The Labute approximate surface area is 153 Å². The molecule has 146 valence electrons. The van der Waals surface area contributed by atoms with Gasteiger partial charge in [0.05, 0.1) is 19.3 Å². The molecule has 1 N–H and O–H groups in total. The van der Waals surface area contributed by atoms with Gasteiger partial charge < -0.3 is 14.5 Å². The third-order valence-electron chi connectivity index (χ3n) is 4.37. The molecule has 7 nitrogen and oxygen atoms in total. The maximum atomic E-state index is 12.5. The number of hydrogen-bond acceptors (Lipinski definition) is 6. The summed E-state index contributed by atoms with van der Waals surface area (Å²) in [6, 6.07) is 7.10. The Morgan fingerprint density at radius 3 is 2.63 bits per heavy atom. The molecule has 3 rings (SSSR count). The number of carbonyl (C=O) groups excluding carboxylic acids is 1. The fraction of sp³-hybridized carbons (Fsp3) is 0.471. The molecule has 0 atom stereocenters. The van der Waals surface area contributed by atoms with Crippen LogP contribution < -0.4 is 10.1 Å². The Bertz CT molecular complexity index is 786. The van der Waals surface area contributed by atoms with Crippen molar-refractivity contribution in [3.05, 3.63) is 36.0 Å². The highest BCUT2D eigenvalue weighted by Gasteiger charge is 2.39. The summed E-state index contributed by atoms with van der Waals surface area (Å²) >= 11 is 0. The minimum Gasteiger partial charge on any atom is -0.495 e. The first-order valence-electron chi connectivity index (χ1n) is 8.42. The van der Waals surface area contributed by atoms with Crippen LogP contribution >= 0.6 is 0 Å². The summed E-state index contributed by atoms with van der Waals surface area (Å²) in [6.07, 6.45) is -3.55. The van der Waals surface area contributed by atoms with Crippen molar-refractivity contribution in [1.82, 2.24) is 15.1 Å². The van der Waals surface area contributed by atoms with Crippen LogP contribution in [-0.4, -0.2) is 47.7 Å². The van der Waals surface area contributed by atoms with Gasteiger partial charge >= 0.3 is 12.1 Å². The summed E-state index contributed by atoms with van der Waals surface area (Å²) < 4.78 is 47.6. The van der Waals surface area contributed by atoms with E-state index in [0.29, 0.717) is 37.4 Å². The molecule has 10 heteroatoms. The second-order valence-corrected chi connectivity index (χ2v) is 6.24. The number of aromatic nitrogens is 2. The Morgan fingerprint density at radius 1 is 1.30 bits per heavy atom. The third-order valence-corrected chi connectivity index (χ3v) is 4.37. The van der Waals surface area contributed by atoms with E-state index < -0.39 is 12.1 Å². The lowest BCUT2D eigenvalue weighted by atomic mass is 9.97. The van der Waals surface area contributed by atoms with Crippen molar-refractivity contribution in [1.29, 1.82) is 0 Å². The highest BCUT2D eigenvalue weighted by Crippen LogP contribution is 2.32. The van der Waals surface area contributed by atoms with Crippen molar-refractivity contribution in [2.75, 3.05) is 32.1 Å². The van der Waals surface area contributed by atoms with Gasteiger partial charge in [0.1, 0.15) is 5.75 Å². The SMILES string of the molecule is COc1ccccc1NC(=O)CN1CCC(c2nnc(C(F)(F)F)o2)CC1. The number of benzene rings is 1. The predicted octanol–water partition coefficient (Wildman–Crippen LogP) is 2.92. The van der Waals surface area contributed by atoms with Gasteiger partial charge in [-0.25, -0.2) is 0 Å². The number of carbonyl (C=O) groups is 1. The number of anilines is 1. The van der Waals surface area contributed by atoms with Crippen LogP contribution in [0.2, 0.25) is 0 Å². The van der Waals surface area contributed by atoms with Crippen LogP contribution in [0.5, 0.6) is 5.75 Å². The molecule has 1 aliphatic rings. The Kier molecular flexibility index (Phi) is 5.64. The molecule has 0 saturated carbocycles. The number of nitrogens with one attached hydrogen (secondary N) is 1. The summed E-state index contributed by atoms with van der Waals surface area (Å²) in [5, 5.41) is 9.38. The molecule has 1 saturated heterocycles. The van der Waals surface area contributed by atoms with Crippen LogP contribution in [0.3, 0.4) is 0 Å². The molecular formula is C17H19F3N4O3. The lowest BCUT2D eigenvalue weighted by Crippen LogP contribution is -2.38. The number of nitrogens with zero attached hydrogens (tertiary/aromatic N) is 3. The molecular weight excluding hydrogens is 365 g/mol. The van der Waals surface area contributed by atoms with Gasteiger partial charge in [-0.2, -0.15) is 13.2 Å². The van der Waals surface area contributed by atoms with Gasteiger partial charge in [0.15, 0.2) is 0 Å². The molecule has 1 amide bonds. The van der Waals surface area contributed by atoms with Crippen molar-refractivity contribution in [3.63, 3.8) is 0 Å². The minimum absolute atomic E-state index is 0.000415. The first kappa shape index (κ1) is 19.2. The summed E-state index contributed by atoms with van der Waals surface area (Å²) in [6.45, 7) is 1.28. The molecule has 0 radical (unpaired) electrons. The van der Waals surface area contributed by atoms with Crippen LogP contribution in [0.1, 0.15) is 30.5 Å². The van der Waals surface area contributed by atoms with Crippen LogP contribution in [0.25, 0.3) is 0 Å². The number of para-hydroxylation sites is 2. The average molecular weight is 384 g/mol. The van der Waals surface area contributed by atoms with E-state index in [9.17, 15) is 18.0 Å². The largest absolute Gasteiger partial charge is 0.495 e. The minimum atomic E-state index is -4.64. The number of halogens is 3. The normalized spacial score (nSPS) is 16.3. The number of piperidine rings is 1. The standard InChI is InChI=1S/C17H19F3N4O3/c1-26-13-5-3-2-4-12(13)21-14(25)10-24-8-6-11(7-9-24)15-22-23-16(27-15)17(18,19)20/h2-5,11H,6-10H2,1H3,(H,21,25). The maximum Gasteiger partial charge on any atom is 0.470 e. The van der Waals surface area contributed by atoms with E-state index in [1.807, 2.05) is 4.90 Å². The van der Waals surface area contributed by atoms with Crippen molar-refractivity contribution >= 4 is 11.6 Å². The lowest BCUT2D eigenvalue weighted by Gasteiger charge is -2.29. The fourth-order valence-corrected chi connectivity index (χ4v) is 2.99. The second kappa shape index (κ2) is 7.95. The van der Waals surface area contributed by atoms with E-state index in [2.05, 4.69) is 15.5 Å². The van der Waals surface area contributed by atoms with E-state index in [1.165, 1.54) is 7.11 Å². The van der Waals surface area contributed by atoms with Gasteiger partial charge in [0.25, 0.3) is 0 Å². The average Bonchev–Trinajstić information content (AvgIpc) is 3.13. The number of ether oxygens (including phenoxy) is 1. The number of hydrogen-bond donors (Lipinski definition) is 1. The molecule has 0 unspecified atom stereocenters. The Hall–Kier alpha value is -2.62. The summed E-state index contributed by atoms with van der Waals surface area (Å²) in [7, 11) is 1.53. The van der Waals surface area contributed by atoms with E-state index in [1.54, 1.807) is 24.3 Å². The van der Waals surface area contributed by atoms with Crippen LogP contribution in [0.15, 0.2) is 28.7 Å². The van der Waals surface area contributed by atoms with Crippen molar-refractivity contribution < 1.29 is 27.1 Å². The molecule has 0 spiro atoms. The molecule has 1 aliphatic heterocycles. The number of methoxy groups -OCH3 is 1. The third kappa shape index (κ3) is 4.76. The fourth-order valence-electron chi connectivity index (χ4n) is 2.99. The van der Waals surface area contributed by atoms with Crippen molar-refractivity contribution in [3.8, 4) is 5.75 Å². The van der Waals surface area contributed by atoms with Crippen LogP contribution in [0, 0.1) is 0 Å². The zero-order valence-corrected chi connectivity index (χ0v) is 14.6. The second-order valence-electron chi connectivity index (χ2n) is 6.24.